The summed E-state index contributed by atoms with van der Waals surface area (Å²) in [7, 11) is -3.44. The van der Waals surface area contributed by atoms with Crippen molar-refractivity contribution in [3.63, 3.8) is 0 Å². The Morgan fingerprint density at radius 2 is 2.11 bits per heavy atom. The first-order valence-electron chi connectivity index (χ1n) is 6.72. The van der Waals surface area contributed by atoms with Crippen molar-refractivity contribution in [1.82, 2.24) is 13.9 Å². The Morgan fingerprint density at radius 3 is 2.58 bits per heavy atom. The van der Waals surface area contributed by atoms with E-state index in [1.165, 1.54) is 4.31 Å². The first-order chi connectivity index (χ1) is 8.95. The van der Waals surface area contributed by atoms with Gasteiger partial charge in [0.05, 0.1) is 6.33 Å². The molecule has 1 saturated heterocycles. The first-order valence-corrected chi connectivity index (χ1v) is 8.16. The van der Waals surface area contributed by atoms with Gasteiger partial charge in [-0.05, 0) is 32.6 Å². The summed E-state index contributed by atoms with van der Waals surface area (Å²) in [6, 6.07) is 0.129. The van der Waals surface area contributed by atoms with Crippen molar-refractivity contribution < 1.29 is 8.42 Å². The Kier molecular flexibility index (Phi) is 4.27. The molecule has 2 rings (SSSR count). The van der Waals surface area contributed by atoms with Gasteiger partial charge in [-0.3, -0.25) is 0 Å². The van der Waals surface area contributed by atoms with Crippen LogP contribution in [0.2, 0.25) is 0 Å². The van der Waals surface area contributed by atoms with Gasteiger partial charge in [-0.25, -0.2) is 13.4 Å². The highest BCUT2D eigenvalue weighted by molar-refractivity contribution is 7.89. The zero-order valence-electron chi connectivity index (χ0n) is 11.5. The van der Waals surface area contributed by atoms with Crippen molar-refractivity contribution in [2.24, 2.45) is 11.7 Å². The molecule has 1 unspecified atom stereocenters. The van der Waals surface area contributed by atoms with Crippen LogP contribution in [0.25, 0.3) is 0 Å². The lowest BCUT2D eigenvalue weighted by Gasteiger charge is -2.32. The number of piperidine rings is 1. The lowest BCUT2D eigenvalue weighted by atomic mass is 9.92. The fourth-order valence-corrected chi connectivity index (χ4v) is 3.82. The summed E-state index contributed by atoms with van der Waals surface area (Å²) in [5.41, 5.74) is 5.87. The van der Waals surface area contributed by atoms with E-state index in [9.17, 15) is 8.42 Å². The standard InChI is InChI=1S/C12H22N4O2S/c1-3-15-8-12(14-9-15)19(17,18)16-6-4-11(5-7-16)10(2)13/h8-11H,3-7,13H2,1-2H3. The number of imidazole rings is 1. The van der Waals surface area contributed by atoms with Crippen molar-refractivity contribution in [3.05, 3.63) is 12.5 Å². The second kappa shape index (κ2) is 5.60. The van der Waals surface area contributed by atoms with Crippen molar-refractivity contribution in [2.45, 2.75) is 44.3 Å². The number of hydrogen-bond donors (Lipinski definition) is 1. The summed E-state index contributed by atoms with van der Waals surface area (Å²) in [4.78, 5) is 4.00. The van der Waals surface area contributed by atoms with E-state index in [-0.39, 0.29) is 11.1 Å². The van der Waals surface area contributed by atoms with E-state index in [0.717, 1.165) is 19.4 Å². The number of hydrogen-bond acceptors (Lipinski definition) is 4. The van der Waals surface area contributed by atoms with Crippen LogP contribution in [0.3, 0.4) is 0 Å². The normalized spacial score (nSPS) is 20.6. The van der Waals surface area contributed by atoms with Gasteiger partial charge in [0.1, 0.15) is 0 Å². The zero-order chi connectivity index (χ0) is 14.0. The molecule has 6 nitrogen and oxygen atoms in total. The van der Waals surface area contributed by atoms with Crippen LogP contribution in [-0.4, -0.2) is 41.4 Å². The SMILES string of the molecule is CCn1cnc(S(=O)(=O)N2CCC(C(C)N)CC2)c1. The minimum Gasteiger partial charge on any atom is -0.336 e. The summed E-state index contributed by atoms with van der Waals surface area (Å²) >= 11 is 0. The maximum atomic E-state index is 12.4. The molecule has 1 fully saturated rings. The highest BCUT2D eigenvalue weighted by atomic mass is 32.2. The highest BCUT2D eigenvalue weighted by Crippen LogP contribution is 2.24. The lowest BCUT2D eigenvalue weighted by Crippen LogP contribution is -2.42. The molecule has 108 valence electrons. The second-order valence-electron chi connectivity index (χ2n) is 5.14. The van der Waals surface area contributed by atoms with Gasteiger partial charge in [-0.2, -0.15) is 4.31 Å². The second-order valence-corrected chi connectivity index (χ2v) is 7.03. The van der Waals surface area contributed by atoms with Gasteiger partial charge in [-0.15, -0.1) is 0 Å². The molecule has 1 aromatic rings. The van der Waals surface area contributed by atoms with Crippen LogP contribution in [-0.2, 0) is 16.6 Å². The van der Waals surface area contributed by atoms with E-state index < -0.39 is 10.0 Å². The Hall–Kier alpha value is -0.920. The number of aryl methyl sites for hydroxylation is 1. The predicted octanol–water partition coefficient (Wildman–Crippen LogP) is 0.651. The summed E-state index contributed by atoms with van der Waals surface area (Å²) in [6.45, 7) is 5.72. The Balaban J connectivity index is 2.09. The zero-order valence-corrected chi connectivity index (χ0v) is 12.3. The van der Waals surface area contributed by atoms with E-state index >= 15 is 0 Å². The number of nitrogens with zero attached hydrogens (tertiary/aromatic N) is 3. The summed E-state index contributed by atoms with van der Waals surface area (Å²) in [5, 5.41) is 0.147. The monoisotopic (exact) mass is 286 g/mol. The molecule has 1 aromatic heterocycles. The van der Waals surface area contributed by atoms with E-state index in [4.69, 9.17) is 5.73 Å². The van der Waals surface area contributed by atoms with Crippen LogP contribution in [0, 0.1) is 5.92 Å². The number of aromatic nitrogens is 2. The van der Waals surface area contributed by atoms with Crippen LogP contribution in [0.1, 0.15) is 26.7 Å². The third-order valence-corrected chi connectivity index (χ3v) is 5.61. The maximum Gasteiger partial charge on any atom is 0.262 e. The summed E-state index contributed by atoms with van der Waals surface area (Å²) < 4.78 is 28.1. The third kappa shape index (κ3) is 2.98. The van der Waals surface area contributed by atoms with E-state index in [1.807, 2.05) is 13.8 Å². The molecule has 0 saturated carbocycles. The predicted molar refractivity (Wildman–Crippen MR) is 73.0 cm³/mol. The molecule has 0 bridgehead atoms. The van der Waals surface area contributed by atoms with Crippen LogP contribution >= 0.6 is 0 Å². The van der Waals surface area contributed by atoms with Gasteiger partial charge in [-0.1, -0.05) is 0 Å². The van der Waals surface area contributed by atoms with Crippen LogP contribution < -0.4 is 5.73 Å². The minimum absolute atomic E-state index is 0.129. The van der Waals surface area contributed by atoms with Gasteiger partial charge in [0.2, 0.25) is 0 Å². The average Bonchev–Trinajstić information content (AvgIpc) is 2.88. The Bertz CT molecular complexity index is 516. The fourth-order valence-electron chi connectivity index (χ4n) is 2.42. The van der Waals surface area contributed by atoms with E-state index in [1.54, 1.807) is 17.1 Å². The molecule has 7 heteroatoms. The number of nitrogens with two attached hydrogens (primary N) is 1. The molecule has 1 aliphatic rings. The van der Waals surface area contributed by atoms with Crippen molar-refractivity contribution in [1.29, 1.82) is 0 Å². The molecule has 19 heavy (non-hydrogen) atoms. The highest BCUT2D eigenvalue weighted by Gasteiger charge is 2.31. The van der Waals surface area contributed by atoms with Crippen molar-refractivity contribution in [3.8, 4) is 0 Å². The van der Waals surface area contributed by atoms with Gasteiger partial charge in [0.25, 0.3) is 10.0 Å². The number of rotatable bonds is 4. The summed E-state index contributed by atoms with van der Waals surface area (Å²) in [6.07, 6.45) is 4.80. The average molecular weight is 286 g/mol. The van der Waals surface area contributed by atoms with Crippen LogP contribution in [0.5, 0.6) is 0 Å². The molecular formula is C12H22N4O2S. The first kappa shape index (κ1) is 14.5. The van der Waals surface area contributed by atoms with Crippen molar-refractivity contribution in [2.75, 3.05) is 13.1 Å². The van der Waals surface area contributed by atoms with E-state index in [2.05, 4.69) is 4.98 Å². The molecule has 2 N–H and O–H groups in total. The molecule has 2 heterocycles. The molecule has 0 amide bonds. The van der Waals surface area contributed by atoms with Crippen LogP contribution in [0.4, 0.5) is 0 Å². The van der Waals surface area contributed by atoms with E-state index in [0.29, 0.717) is 19.0 Å². The van der Waals surface area contributed by atoms with Gasteiger partial charge in [0, 0.05) is 31.9 Å². The Morgan fingerprint density at radius 1 is 1.47 bits per heavy atom. The largest absolute Gasteiger partial charge is 0.336 e. The van der Waals surface area contributed by atoms with Gasteiger partial charge >= 0.3 is 0 Å². The molecule has 0 aliphatic carbocycles. The molecule has 0 radical (unpaired) electrons. The fraction of sp³-hybridized carbons (Fsp3) is 0.750. The van der Waals surface area contributed by atoms with Crippen molar-refractivity contribution >= 4 is 10.0 Å². The topological polar surface area (TPSA) is 81.2 Å². The Labute approximate surface area is 114 Å². The third-order valence-electron chi connectivity index (χ3n) is 3.82. The van der Waals surface area contributed by atoms with Gasteiger partial charge in [0.15, 0.2) is 5.03 Å². The quantitative estimate of drug-likeness (QED) is 0.881. The molecule has 1 atom stereocenters. The smallest absolute Gasteiger partial charge is 0.262 e. The number of sulfonamides is 1. The summed E-state index contributed by atoms with van der Waals surface area (Å²) in [5.74, 6) is 0.416. The van der Waals surface area contributed by atoms with Gasteiger partial charge < -0.3 is 10.3 Å². The molecule has 0 aromatic carbocycles. The minimum atomic E-state index is -3.44. The molecule has 0 spiro atoms. The molecule has 1 aliphatic heterocycles. The maximum absolute atomic E-state index is 12.4. The molecular weight excluding hydrogens is 264 g/mol. The van der Waals surface area contributed by atoms with Crippen LogP contribution in [0.15, 0.2) is 17.6 Å². The lowest BCUT2D eigenvalue weighted by molar-refractivity contribution is 0.250.